The van der Waals surface area contributed by atoms with Crippen LogP contribution in [0.4, 0.5) is 11.4 Å². The lowest BCUT2D eigenvalue weighted by molar-refractivity contribution is -0.383. The number of para-hydroxylation sites is 2. The number of nitro groups is 1. The van der Waals surface area contributed by atoms with Crippen LogP contribution < -0.4 is 10.6 Å². The van der Waals surface area contributed by atoms with Crippen LogP contribution >= 0.6 is 0 Å². The number of likely N-dealkylation sites (tertiary alicyclic amines) is 1. The number of nitro benzene ring substituents is 1. The first-order valence-corrected chi connectivity index (χ1v) is 9.61. The van der Waals surface area contributed by atoms with Crippen molar-refractivity contribution in [1.29, 1.82) is 0 Å². The first-order valence-electron chi connectivity index (χ1n) is 9.61. The van der Waals surface area contributed by atoms with Crippen molar-refractivity contribution < 1.29 is 14.5 Å². The molecule has 27 heavy (non-hydrogen) atoms. The quantitative estimate of drug-likeness (QED) is 0.467. The number of carbonyl (C=O) groups excluding carboxylic acids is 2. The van der Waals surface area contributed by atoms with Gasteiger partial charge >= 0.3 is 11.8 Å². The van der Waals surface area contributed by atoms with Gasteiger partial charge < -0.3 is 15.5 Å². The second kappa shape index (κ2) is 8.94. The van der Waals surface area contributed by atoms with Crippen LogP contribution in [-0.4, -0.2) is 47.3 Å². The van der Waals surface area contributed by atoms with E-state index in [0.717, 1.165) is 32.0 Å². The number of anilines is 1. The fourth-order valence-electron chi connectivity index (χ4n) is 4.03. The van der Waals surface area contributed by atoms with E-state index in [0.29, 0.717) is 12.5 Å². The number of hydrogen-bond donors (Lipinski definition) is 2. The van der Waals surface area contributed by atoms with Crippen LogP contribution in [0.5, 0.6) is 0 Å². The Morgan fingerprint density at radius 1 is 1.07 bits per heavy atom. The molecule has 8 nitrogen and oxygen atoms in total. The predicted molar refractivity (Wildman–Crippen MR) is 101 cm³/mol. The Bertz CT molecular complexity index is 695. The van der Waals surface area contributed by atoms with Gasteiger partial charge in [-0.1, -0.05) is 25.0 Å². The van der Waals surface area contributed by atoms with Crippen molar-refractivity contribution in [3.8, 4) is 0 Å². The van der Waals surface area contributed by atoms with Crippen molar-refractivity contribution in [3.63, 3.8) is 0 Å². The van der Waals surface area contributed by atoms with E-state index in [1.807, 2.05) is 0 Å². The summed E-state index contributed by atoms with van der Waals surface area (Å²) in [5.74, 6) is -1.27. The molecule has 2 amide bonds. The smallest absolute Gasteiger partial charge is 0.313 e. The molecule has 146 valence electrons. The lowest BCUT2D eigenvalue weighted by Crippen LogP contribution is -2.44. The van der Waals surface area contributed by atoms with E-state index in [9.17, 15) is 19.7 Å². The molecule has 0 unspecified atom stereocenters. The van der Waals surface area contributed by atoms with E-state index in [2.05, 4.69) is 15.5 Å². The Balaban J connectivity index is 1.43. The minimum absolute atomic E-state index is 0.0209. The van der Waals surface area contributed by atoms with E-state index < -0.39 is 16.7 Å². The lowest BCUT2D eigenvalue weighted by atomic mass is 9.95. The first kappa shape index (κ1) is 19.3. The Hall–Kier alpha value is -2.48. The third-order valence-electron chi connectivity index (χ3n) is 5.60. The Morgan fingerprint density at radius 2 is 1.74 bits per heavy atom. The zero-order chi connectivity index (χ0) is 19.2. The third kappa shape index (κ3) is 5.03. The molecule has 2 fully saturated rings. The summed E-state index contributed by atoms with van der Waals surface area (Å²) in [6.45, 7) is 2.56. The topological polar surface area (TPSA) is 105 Å². The maximum Gasteiger partial charge on any atom is 0.313 e. The van der Waals surface area contributed by atoms with Gasteiger partial charge in [0.25, 0.3) is 5.69 Å². The van der Waals surface area contributed by atoms with Crippen molar-refractivity contribution in [2.45, 2.75) is 44.6 Å². The number of hydrogen-bond acceptors (Lipinski definition) is 5. The monoisotopic (exact) mass is 374 g/mol. The van der Waals surface area contributed by atoms with Gasteiger partial charge in [-0.3, -0.25) is 19.7 Å². The average molecular weight is 374 g/mol. The summed E-state index contributed by atoms with van der Waals surface area (Å²) in [4.78, 5) is 37.0. The van der Waals surface area contributed by atoms with Gasteiger partial charge in [0.2, 0.25) is 0 Å². The summed E-state index contributed by atoms with van der Waals surface area (Å²) >= 11 is 0. The van der Waals surface area contributed by atoms with E-state index in [-0.39, 0.29) is 11.4 Å². The molecule has 3 rings (SSSR count). The molecule has 1 aliphatic heterocycles. The van der Waals surface area contributed by atoms with Gasteiger partial charge in [0.05, 0.1) is 4.92 Å². The molecule has 8 heteroatoms. The average Bonchev–Trinajstić information content (AvgIpc) is 3.21. The zero-order valence-corrected chi connectivity index (χ0v) is 15.4. The summed E-state index contributed by atoms with van der Waals surface area (Å²) < 4.78 is 0. The van der Waals surface area contributed by atoms with E-state index in [1.54, 1.807) is 6.07 Å². The first-order chi connectivity index (χ1) is 13.0. The highest BCUT2D eigenvalue weighted by atomic mass is 16.6. The fourth-order valence-corrected chi connectivity index (χ4v) is 4.03. The molecule has 2 N–H and O–H groups in total. The predicted octanol–water partition coefficient (Wildman–Crippen LogP) is 2.30. The highest BCUT2D eigenvalue weighted by Crippen LogP contribution is 2.27. The second-order valence-corrected chi connectivity index (χ2v) is 7.36. The molecule has 0 spiro atoms. The summed E-state index contributed by atoms with van der Waals surface area (Å²) in [7, 11) is 0. The number of carbonyl (C=O) groups is 2. The summed E-state index contributed by atoms with van der Waals surface area (Å²) in [5, 5.41) is 16.0. The van der Waals surface area contributed by atoms with Gasteiger partial charge in [-0.15, -0.1) is 0 Å². The van der Waals surface area contributed by atoms with Crippen molar-refractivity contribution in [3.05, 3.63) is 34.4 Å². The number of rotatable bonds is 5. The Kier molecular flexibility index (Phi) is 6.39. The van der Waals surface area contributed by atoms with Gasteiger partial charge in [-0.05, 0) is 50.8 Å². The van der Waals surface area contributed by atoms with Crippen LogP contribution in [0.2, 0.25) is 0 Å². The number of amides is 2. The van der Waals surface area contributed by atoms with Gasteiger partial charge in [-0.2, -0.15) is 0 Å². The molecule has 1 aromatic rings. The van der Waals surface area contributed by atoms with Crippen molar-refractivity contribution >= 4 is 23.2 Å². The Labute approximate surface area is 158 Å². The molecule has 2 aliphatic rings. The minimum atomic E-state index is -0.882. The SMILES string of the molecule is O=C(NCC1CCN(C2CCCC2)CC1)C(=O)Nc1ccccc1[N+](=O)[O-]. The minimum Gasteiger partial charge on any atom is -0.348 e. The van der Waals surface area contributed by atoms with Gasteiger partial charge in [0, 0.05) is 18.7 Å². The van der Waals surface area contributed by atoms with Crippen LogP contribution in [0.3, 0.4) is 0 Å². The zero-order valence-electron chi connectivity index (χ0n) is 15.4. The van der Waals surface area contributed by atoms with Crippen LogP contribution in [-0.2, 0) is 9.59 Å². The number of benzene rings is 1. The van der Waals surface area contributed by atoms with Gasteiger partial charge in [0.15, 0.2) is 0 Å². The summed E-state index contributed by atoms with van der Waals surface area (Å²) in [6, 6.07) is 6.49. The second-order valence-electron chi connectivity index (χ2n) is 7.36. The molecule has 1 aliphatic carbocycles. The standard InChI is InChI=1S/C19H26N4O4/c24-18(19(25)21-16-7-3-4-8-17(16)23(26)27)20-13-14-9-11-22(12-10-14)15-5-1-2-6-15/h3-4,7-8,14-15H,1-2,5-6,9-13H2,(H,20,24)(H,21,25). The molecule has 1 saturated heterocycles. The summed E-state index contributed by atoms with van der Waals surface area (Å²) in [5.41, 5.74) is -0.217. The van der Waals surface area contributed by atoms with Crippen LogP contribution in [0.1, 0.15) is 38.5 Å². The largest absolute Gasteiger partial charge is 0.348 e. The van der Waals surface area contributed by atoms with Crippen molar-refractivity contribution in [2.75, 3.05) is 25.0 Å². The summed E-state index contributed by atoms with van der Waals surface area (Å²) in [6.07, 6.45) is 7.29. The van der Waals surface area contributed by atoms with Crippen LogP contribution in [0, 0.1) is 16.0 Å². The molecule has 0 atom stereocenters. The maximum atomic E-state index is 12.0. The Morgan fingerprint density at radius 3 is 2.41 bits per heavy atom. The highest BCUT2D eigenvalue weighted by molar-refractivity contribution is 6.39. The molecular formula is C19H26N4O4. The molecule has 1 saturated carbocycles. The van der Waals surface area contributed by atoms with Gasteiger partial charge in [0.1, 0.15) is 5.69 Å². The fraction of sp³-hybridized carbons (Fsp3) is 0.579. The number of piperidine rings is 1. The van der Waals surface area contributed by atoms with E-state index in [1.165, 1.54) is 43.9 Å². The molecule has 0 aromatic heterocycles. The van der Waals surface area contributed by atoms with Crippen LogP contribution in [0.15, 0.2) is 24.3 Å². The number of nitrogens with one attached hydrogen (secondary N) is 2. The van der Waals surface area contributed by atoms with Gasteiger partial charge in [-0.25, -0.2) is 0 Å². The van der Waals surface area contributed by atoms with Crippen LogP contribution in [0.25, 0.3) is 0 Å². The normalized spacial score (nSPS) is 19.0. The number of nitrogens with zero attached hydrogens (tertiary/aromatic N) is 2. The van der Waals surface area contributed by atoms with E-state index >= 15 is 0 Å². The molecule has 0 radical (unpaired) electrons. The maximum absolute atomic E-state index is 12.0. The molecule has 1 aromatic carbocycles. The van der Waals surface area contributed by atoms with Crippen molar-refractivity contribution in [2.24, 2.45) is 5.92 Å². The molecular weight excluding hydrogens is 348 g/mol. The highest BCUT2D eigenvalue weighted by Gasteiger charge is 2.27. The lowest BCUT2D eigenvalue weighted by Gasteiger charge is -2.36. The van der Waals surface area contributed by atoms with E-state index in [4.69, 9.17) is 0 Å². The molecule has 0 bridgehead atoms. The van der Waals surface area contributed by atoms with Crippen molar-refractivity contribution in [1.82, 2.24) is 10.2 Å². The molecule has 1 heterocycles. The third-order valence-corrected chi connectivity index (χ3v) is 5.60.